The molecule has 1 atom stereocenters. The highest BCUT2D eigenvalue weighted by Crippen LogP contribution is 2.20. The van der Waals surface area contributed by atoms with E-state index in [1.807, 2.05) is 81.4 Å². The Morgan fingerprint density at radius 2 is 1.52 bits per heavy atom. The minimum Gasteiger partial charge on any atom is -0.345 e. The normalized spacial score (nSPS) is 11.4. The number of rotatable bonds is 5. The molecule has 148 valence electrons. The van der Waals surface area contributed by atoms with Gasteiger partial charge in [0.15, 0.2) is 5.11 Å². The van der Waals surface area contributed by atoms with E-state index in [4.69, 9.17) is 12.2 Å². The fraction of sp³-hybridized carbons (Fsp3) is 0.167. The Kier molecular flexibility index (Phi) is 6.62. The summed E-state index contributed by atoms with van der Waals surface area (Å²) in [6.07, 6.45) is 0. The fourth-order valence-electron chi connectivity index (χ4n) is 3.04. The summed E-state index contributed by atoms with van der Waals surface area (Å²) in [5.41, 5.74) is 5.45. The third-order valence-electron chi connectivity index (χ3n) is 4.71. The second-order valence-electron chi connectivity index (χ2n) is 7.05. The lowest BCUT2D eigenvalue weighted by Gasteiger charge is -2.18. The van der Waals surface area contributed by atoms with E-state index in [0.29, 0.717) is 16.4 Å². The molecule has 0 saturated carbocycles. The predicted octanol–water partition coefficient (Wildman–Crippen LogP) is 5.60. The third-order valence-corrected chi connectivity index (χ3v) is 4.91. The molecule has 29 heavy (non-hydrogen) atoms. The van der Waals surface area contributed by atoms with Gasteiger partial charge in [0.25, 0.3) is 5.91 Å². The van der Waals surface area contributed by atoms with Gasteiger partial charge in [0.05, 0.1) is 17.3 Å². The maximum Gasteiger partial charge on any atom is 0.253 e. The summed E-state index contributed by atoms with van der Waals surface area (Å²) in [6, 6.07) is 23.3. The van der Waals surface area contributed by atoms with Crippen molar-refractivity contribution in [2.45, 2.75) is 26.8 Å². The van der Waals surface area contributed by atoms with Crippen LogP contribution in [0.25, 0.3) is 0 Å². The first-order valence-electron chi connectivity index (χ1n) is 9.54. The van der Waals surface area contributed by atoms with Gasteiger partial charge in [0.1, 0.15) is 0 Å². The van der Waals surface area contributed by atoms with Crippen LogP contribution in [0, 0.1) is 13.8 Å². The average molecular weight is 404 g/mol. The monoisotopic (exact) mass is 403 g/mol. The highest BCUT2D eigenvalue weighted by atomic mass is 32.1. The van der Waals surface area contributed by atoms with Crippen molar-refractivity contribution in [1.29, 1.82) is 0 Å². The first kappa shape index (κ1) is 20.6. The summed E-state index contributed by atoms with van der Waals surface area (Å²) >= 11 is 5.48. The highest BCUT2D eigenvalue weighted by Gasteiger charge is 2.15. The van der Waals surface area contributed by atoms with Crippen molar-refractivity contribution < 1.29 is 4.79 Å². The number of hydrogen-bond donors (Lipinski definition) is 3. The van der Waals surface area contributed by atoms with Crippen LogP contribution in [0.1, 0.15) is 40.0 Å². The Morgan fingerprint density at radius 1 is 0.862 bits per heavy atom. The van der Waals surface area contributed by atoms with E-state index in [9.17, 15) is 4.79 Å². The molecule has 0 heterocycles. The van der Waals surface area contributed by atoms with E-state index in [0.717, 1.165) is 22.4 Å². The molecular weight excluding hydrogens is 378 g/mol. The zero-order valence-electron chi connectivity index (χ0n) is 16.8. The van der Waals surface area contributed by atoms with Gasteiger partial charge in [-0.25, -0.2) is 0 Å². The molecule has 0 spiro atoms. The molecule has 3 rings (SSSR count). The van der Waals surface area contributed by atoms with E-state index in [1.165, 1.54) is 0 Å². The van der Waals surface area contributed by atoms with Crippen LogP contribution in [0.2, 0.25) is 0 Å². The average Bonchev–Trinajstić information content (AvgIpc) is 2.71. The van der Waals surface area contributed by atoms with Gasteiger partial charge in [-0.05, 0) is 67.9 Å². The highest BCUT2D eigenvalue weighted by molar-refractivity contribution is 7.80. The first-order chi connectivity index (χ1) is 13.9. The van der Waals surface area contributed by atoms with Crippen LogP contribution >= 0.6 is 12.2 Å². The lowest BCUT2D eigenvalue weighted by atomic mass is 10.1. The van der Waals surface area contributed by atoms with Crippen LogP contribution in [-0.2, 0) is 0 Å². The number of nitrogens with one attached hydrogen (secondary N) is 3. The largest absolute Gasteiger partial charge is 0.345 e. The zero-order valence-corrected chi connectivity index (χ0v) is 17.6. The Morgan fingerprint density at radius 3 is 2.28 bits per heavy atom. The minimum absolute atomic E-state index is 0.100. The van der Waals surface area contributed by atoms with E-state index in [1.54, 1.807) is 6.07 Å². The van der Waals surface area contributed by atoms with Gasteiger partial charge in [-0.15, -0.1) is 0 Å². The van der Waals surface area contributed by atoms with Gasteiger partial charge < -0.3 is 16.0 Å². The van der Waals surface area contributed by atoms with Crippen molar-refractivity contribution in [3.8, 4) is 0 Å². The summed E-state index contributed by atoms with van der Waals surface area (Å²) in [5, 5.41) is 9.87. The molecule has 3 aromatic carbocycles. The zero-order chi connectivity index (χ0) is 20.8. The fourth-order valence-corrected chi connectivity index (χ4v) is 3.26. The standard InChI is InChI=1S/C24H25N3OS/c1-16-13-14-17(2)22(15-16)27-24(29)26-21-12-8-7-11-20(21)23(28)25-18(3)19-9-5-4-6-10-19/h4-15,18H,1-3H3,(H,25,28)(H2,26,27,29). The number of carbonyl (C=O) groups is 1. The van der Waals surface area contributed by atoms with Crippen molar-refractivity contribution in [2.75, 3.05) is 10.6 Å². The maximum atomic E-state index is 12.9. The molecule has 1 amide bonds. The van der Waals surface area contributed by atoms with E-state index < -0.39 is 0 Å². The molecule has 3 N–H and O–H groups in total. The lowest BCUT2D eigenvalue weighted by molar-refractivity contribution is 0.0941. The van der Waals surface area contributed by atoms with Crippen molar-refractivity contribution in [3.63, 3.8) is 0 Å². The number of amides is 1. The van der Waals surface area contributed by atoms with Gasteiger partial charge in [0, 0.05) is 5.69 Å². The van der Waals surface area contributed by atoms with Gasteiger partial charge >= 0.3 is 0 Å². The van der Waals surface area contributed by atoms with E-state index >= 15 is 0 Å². The molecular formula is C24H25N3OS. The minimum atomic E-state index is -0.154. The summed E-state index contributed by atoms with van der Waals surface area (Å²) in [6.45, 7) is 6.03. The van der Waals surface area contributed by atoms with Crippen molar-refractivity contribution in [3.05, 3.63) is 95.1 Å². The molecule has 5 heteroatoms. The number of hydrogen-bond acceptors (Lipinski definition) is 2. The van der Waals surface area contributed by atoms with Crippen molar-refractivity contribution >= 4 is 34.6 Å². The predicted molar refractivity (Wildman–Crippen MR) is 125 cm³/mol. The maximum absolute atomic E-state index is 12.9. The van der Waals surface area contributed by atoms with Crippen LogP contribution in [0.4, 0.5) is 11.4 Å². The van der Waals surface area contributed by atoms with Crippen LogP contribution < -0.4 is 16.0 Å². The van der Waals surface area contributed by atoms with Gasteiger partial charge in [-0.3, -0.25) is 4.79 Å². The first-order valence-corrected chi connectivity index (χ1v) is 9.95. The molecule has 0 fully saturated rings. The Labute approximate surface area is 177 Å². The molecule has 0 aliphatic carbocycles. The Bertz CT molecular complexity index is 1020. The van der Waals surface area contributed by atoms with Gasteiger partial charge in [-0.1, -0.05) is 54.6 Å². The van der Waals surface area contributed by atoms with Crippen LogP contribution in [-0.4, -0.2) is 11.0 Å². The summed E-state index contributed by atoms with van der Waals surface area (Å²) in [7, 11) is 0. The molecule has 4 nitrogen and oxygen atoms in total. The lowest BCUT2D eigenvalue weighted by Crippen LogP contribution is -2.28. The molecule has 1 unspecified atom stereocenters. The topological polar surface area (TPSA) is 53.2 Å². The number of anilines is 2. The summed E-state index contributed by atoms with van der Waals surface area (Å²) < 4.78 is 0. The number of para-hydroxylation sites is 1. The van der Waals surface area contributed by atoms with Crippen molar-refractivity contribution in [2.24, 2.45) is 0 Å². The third kappa shape index (κ3) is 5.42. The van der Waals surface area contributed by atoms with Crippen LogP contribution in [0.15, 0.2) is 72.8 Å². The van der Waals surface area contributed by atoms with Crippen LogP contribution in [0.3, 0.4) is 0 Å². The smallest absolute Gasteiger partial charge is 0.253 e. The Balaban J connectivity index is 1.72. The molecule has 0 aliphatic rings. The SMILES string of the molecule is Cc1ccc(C)c(NC(=S)Nc2ccccc2C(=O)NC(C)c2ccccc2)c1. The Hall–Kier alpha value is -3.18. The molecule has 0 aliphatic heterocycles. The molecule has 0 aromatic heterocycles. The quantitative estimate of drug-likeness (QED) is 0.485. The molecule has 0 bridgehead atoms. The molecule has 3 aromatic rings. The summed E-state index contributed by atoms with van der Waals surface area (Å²) in [5.74, 6) is -0.154. The number of aryl methyl sites for hydroxylation is 2. The second kappa shape index (κ2) is 9.34. The number of benzene rings is 3. The van der Waals surface area contributed by atoms with Crippen molar-refractivity contribution in [1.82, 2.24) is 5.32 Å². The van der Waals surface area contributed by atoms with Gasteiger partial charge in [0.2, 0.25) is 0 Å². The molecule has 0 saturated heterocycles. The molecule has 0 radical (unpaired) electrons. The van der Waals surface area contributed by atoms with E-state index in [2.05, 4.69) is 22.0 Å². The van der Waals surface area contributed by atoms with Gasteiger partial charge in [-0.2, -0.15) is 0 Å². The second-order valence-corrected chi connectivity index (χ2v) is 7.46. The summed E-state index contributed by atoms with van der Waals surface area (Å²) in [4.78, 5) is 12.9. The van der Waals surface area contributed by atoms with Crippen LogP contribution in [0.5, 0.6) is 0 Å². The number of thiocarbonyl (C=S) groups is 1. The van der Waals surface area contributed by atoms with E-state index in [-0.39, 0.29) is 11.9 Å². The number of carbonyl (C=O) groups excluding carboxylic acids is 1.